The number of nitrogens with zero attached hydrogens (tertiary/aromatic N) is 4. The molecule has 0 spiro atoms. The van der Waals surface area contributed by atoms with Crippen molar-refractivity contribution in [2.75, 3.05) is 13.7 Å². The molecule has 0 saturated heterocycles. The molecule has 1 aromatic carbocycles. The third kappa shape index (κ3) is 7.97. The van der Waals surface area contributed by atoms with Gasteiger partial charge >= 0.3 is 0 Å². The van der Waals surface area contributed by atoms with Gasteiger partial charge in [0.25, 0.3) is 0 Å². The molecule has 8 heteroatoms. The van der Waals surface area contributed by atoms with Crippen LogP contribution in [0.25, 0.3) is 0 Å². The third-order valence-corrected chi connectivity index (χ3v) is 6.07. The van der Waals surface area contributed by atoms with Crippen molar-refractivity contribution in [3.05, 3.63) is 41.5 Å². The van der Waals surface area contributed by atoms with Crippen LogP contribution in [0.2, 0.25) is 0 Å². The average Bonchev–Trinajstić information content (AvgIpc) is 3.08. The van der Waals surface area contributed by atoms with Crippen LogP contribution in [0.1, 0.15) is 56.2 Å². The summed E-state index contributed by atoms with van der Waals surface area (Å²) in [6.45, 7) is 6.47. The molecule has 2 atom stereocenters. The summed E-state index contributed by atoms with van der Waals surface area (Å²) in [6, 6.07) is 8.04. The highest BCUT2D eigenvalue weighted by molar-refractivity contribution is 14.0. The summed E-state index contributed by atoms with van der Waals surface area (Å²) < 4.78 is 7.24. The molecule has 0 aliphatic heterocycles. The van der Waals surface area contributed by atoms with Crippen LogP contribution in [0.15, 0.2) is 29.3 Å². The highest BCUT2D eigenvalue weighted by Crippen LogP contribution is 2.30. The van der Waals surface area contributed by atoms with E-state index in [1.165, 1.54) is 32.1 Å². The van der Waals surface area contributed by atoms with Crippen molar-refractivity contribution >= 4 is 29.9 Å². The fourth-order valence-electron chi connectivity index (χ4n) is 4.06. The van der Waals surface area contributed by atoms with Gasteiger partial charge in [-0.15, -0.1) is 34.2 Å². The number of halogens is 1. The van der Waals surface area contributed by atoms with Gasteiger partial charge in [-0.3, -0.25) is 0 Å². The number of hydrogen-bond acceptors (Lipinski definition) is 4. The molecule has 0 amide bonds. The summed E-state index contributed by atoms with van der Waals surface area (Å²) in [4.78, 5) is 4.79. The maximum Gasteiger partial charge on any atom is 0.191 e. The van der Waals surface area contributed by atoms with Gasteiger partial charge in [-0.1, -0.05) is 38.3 Å². The Morgan fingerprint density at radius 1 is 1.19 bits per heavy atom. The van der Waals surface area contributed by atoms with Crippen molar-refractivity contribution in [1.29, 1.82) is 0 Å². The fraction of sp³-hybridized carbons (Fsp3) is 0.609. The number of hydrogen-bond donors (Lipinski definition) is 2. The van der Waals surface area contributed by atoms with Crippen LogP contribution in [0.3, 0.4) is 0 Å². The Hall–Kier alpha value is -1.84. The number of benzene rings is 1. The summed E-state index contributed by atoms with van der Waals surface area (Å²) in [5.74, 6) is 5.17. The van der Waals surface area contributed by atoms with Crippen molar-refractivity contribution in [3.8, 4) is 5.75 Å². The zero-order valence-corrected chi connectivity index (χ0v) is 21.6. The predicted molar refractivity (Wildman–Crippen MR) is 136 cm³/mol. The molecule has 2 N–H and O–H groups in total. The first-order valence-electron chi connectivity index (χ1n) is 11.0. The molecule has 172 valence electrons. The molecule has 2 unspecified atom stereocenters. The van der Waals surface area contributed by atoms with Gasteiger partial charge in [-0.2, -0.15) is 0 Å². The van der Waals surface area contributed by atoms with Crippen LogP contribution in [0.5, 0.6) is 5.75 Å². The number of rotatable bonds is 8. The molecule has 1 aliphatic rings. The third-order valence-electron chi connectivity index (χ3n) is 6.07. The first-order valence-corrected chi connectivity index (χ1v) is 11.0. The zero-order valence-electron chi connectivity index (χ0n) is 19.2. The minimum absolute atomic E-state index is 0. The molecule has 31 heavy (non-hydrogen) atoms. The van der Waals surface area contributed by atoms with Crippen molar-refractivity contribution in [2.24, 2.45) is 23.9 Å². The zero-order chi connectivity index (χ0) is 21.3. The number of nitrogens with one attached hydrogen (secondary N) is 2. The molecule has 1 heterocycles. The van der Waals surface area contributed by atoms with Crippen LogP contribution in [-0.4, -0.2) is 34.4 Å². The second-order valence-corrected chi connectivity index (χ2v) is 8.44. The summed E-state index contributed by atoms with van der Waals surface area (Å²) in [7, 11) is 3.67. The Morgan fingerprint density at radius 2 is 1.97 bits per heavy atom. The first kappa shape index (κ1) is 25.4. The van der Waals surface area contributed by atoms with E-state index in [-0.39, 0.29) is 24.0 Å². The highest BCUT2D eigenvalue weighted by Gasteiger charge is 2.18. The summed E-state index contributed by atoms with van der Waals surface area (Å²) >= 11 is 0. The summed E-state index contributed by atoms with van der Waals surface area (Å²) in [6.07, 6.45) is 6.66. The average molecular weight is 540 g/mol. The van der Waals surface area contributed by atoms with Gasteiger partial charge in [-0.25, -0.2) is 4.99 Å². The minimum atomic E-state index is 0. The molecule has 1 aromatic heterocycles. The van der Waals surface area contributed by atoms with Gasteiger partial charge in [0, 0.05) is 13.6 Å². The Labute approximate surface area is 203 Å². The van der Waals surface area contributed by atoms with Crippen molar-refractivity contribution in [3.63, 3.8) is 0 Å². The van der Waals surface area contributed by atoms with Gasteiger partial charge in [0.15, 0.2) is 11.8 Å². The van der Waals surface area contributed by atoms with E-state index in [0.717, 1.165) is 47.3 Å². The highest BCUT2D eigenvalue weighted by atomic mass is 127. The standard InChI is InChI=1S/C23H36N6O.HI/c1-17-6-5-7-19(14-17)12-13-24-23(26-16-22-28-27-18(2)29(22)3)25-15-20-8-10-21(30-4)11-9-20;/h8-11,17,19H,5-7,12-16H2,1-4H3,(H2,24,25,26);1H. The van der Waals surface area contributed by atoms with E-state index in [1.807, 2.05) is 30.7 Å². The molecule has 1 saturated carbocycles. The second-order valence-electron chi connectivity index (χ2n) is 8.44. The molecule has 1 fully saturated rings. The van der Waals surface area contributed by atoms with Crippen LogP contribution in [-0.2, 0) is 20.1 Å². The smallest absolute Gasteiger partial charge is 0.191 e. The molecule has 0 bridgehead atoms. The Morgan fingerprint density at radius 3 is 2.61 bits per heavy atom. The minimum Gasteiger partial charge on any atom is -0.497 e. The molecule has 1 aliphatic carbocycles. The van der Waals surface area contributed by atoms with Gasteiger partial charge in [-0.05, 0) is 49.3 Å². The summed E-state index contributed by atoms with van der Waals surface area (Å²) in [5.41, 5.74) is 1.15. The molecular weight excluding hydrogens is 503 g/mol. The number of methoxy groups -OCH3 is 1. The maximum atomic E-state index is 5.24. The molecule has 7 nitrogen and oxygen atoms in total. The van der Waals surface area contributed by atoms with Crippen molar-refractivity contribution < 1.29 is 4.74 Å². The van der Waals surface area contributed by atoms with Gasteiger partial charge in [0.1, 0.15) is 11.6 Å². The van der Waals surface area contributed by atoms with Crippen molar-refractivity contribution in [1.82, 2.24) is 25.4 Å². The lowest BCUT2D eigenvalue weighted by Crippen LogP contribution is -2.38. The van der Waals surface area contributed by atoms with E-state index >= 15 is 0 Å². The van der Waals surface area contributed by atoms with Crippen LogP contribution in [0.4, 0.5) is 0 Å². The number of aryl methyl sites for hydroxylation is 1. The molecule has 2 aromatic rings. The first-order chi connectivity index (χ1) is 14.5. The predicted octanol–water partition coefficient (Wildman–Crippen LogP) is 4.20. The van der Waals surface area contributed by atoms with E-state index in [0.29, 0.717) is 13.1 Å². The second kappa shape index (κ2) is 12.9. The number of guanidine groups is 1. The van der Waals surface area contributed by atoms with Gasteiger partial charge < -0.3 is 19.9 Å². The SMILES string of the molecule is COc1ccc(CN=C(NCCC2CCCC(C)C2)NCc2nnc(C)n2C)cc1.I. The van der Waals surface area contributed by atoms with E-state index in [4.69, 9.17) is 9.73 Å². The molecular formula is C23H37IN6O. The van der Waals surface area contributed by atoms with Crippen LogP contribution in [0, 0.1) is 18.8 Å². The van der Waals surface area contributed by atoms with E-state index in [9.17, 15) is 0 Å². The summed E-state index contributed by atoms with van der Waals surface area (Å²) in [5, 5.41) is 15.3. The number of aliphatic imine (C=N–C) groups is 1. The van der Waals surface area contributed by atoms with Gasteiger partial charge in [0.05, 0.1) is 20.2 Å². The van der Waals surface area contributed by atoms with Crippen LogP contribution >= 0.6 is 24.0 Å². The molecule has 3 rings (SSSR count). The van der Waals surface area contributed by atoms with E-state index in [2.05, 4.69) is 39.9 Å². The Kier molecular flexibility index (Phi) is 10.6. The lowest BCUT2D eigenvalue weighted by atomic mass is 9.81. The number of ether oxygens (including phenoxy) is 1. The van der Waals surface area contributed by atoms with E-state index in [1.54, 1.807) is 7.11 Å². The lowest BCUT2D eigenvalue weighted by molar-refractivity contribution is 0.270. The van der Waals surface area contributed by atoms with Gasteiger partial charge in [0.2, 0.25) is 0 Å². The lowest BCUT2D eigenvalue weighted by Gasteiger charge is -2.26. The van der Waals surface area contributed by atoms with Crippen LogP contribution < -0.4 is 15.4 Å². The fourth-order valence-corrected chi connectivity index (χ4v) is 4.06. The Balaban J connectivity index is 0.00000341. The topological polar surface area (TPSA) is 76.4 Å². The monoisotopic (exact) mass is 540 g/mol. The normalized spacial score (nSPS) is 18.9. The Bertz CT molecular complexity index is 820. The number of aromatic nitrogens is 3. The quantitative estimate of drug-likeness (QED) is 0.298. The van der Waals surface area contributed by atoms with Crippen molar-refractivity contribution in [2.45, 2.75) is 59.0 Å². The molecule has 0 radical (unpaired) electrons. The van der Waals surface area contributed by atoms with E-state index < -0.39 is 0 Å². The maximum absolute atomic E-state index is 5.24. The largest absolute Gasteiger partial charge is 0.497 e.